The Hall–Kier alpha value is -1.31. The summed E-state index contributed by atoms with van der Waals surface area (Å²) < 4.78 is 43.8. The fraction of sp³-hybridized carbons (Fsp3) is 0.571. The molecule has 0 saturated carbocycles. The number of hydrogen-bond donors (Lipinski definition) is 2. The molecule has 118 valence electrons. The second kappa shape index (κ2) is 6.64. The van der Waals surface area contributed by atoms with Gasteiger partial charge in [0.25, 0.3) is 0 Å². The lowest BCUT2D eigenvalue weighted by molar-refractivity contribution is -0.137. The predicted molar refractivity (Wildman–Crippen MR) is 72.3 cm³/mol. The van der Waals surface area contributed by atoms with E-state index in [9.17, 15) is 18.3 Å². The first-order valence-electron chi connectivity index (χ1n) is 6.77. The van der Waals surface area contributed by atoms with Crippen molar-refractivity contribution >= 4 is 0 Å². The van der Waals surface area contributed by atoms with Crippen LogP contribution in [0.1, 0.15) is 17.2 Å². The minimum absolute atomic E-state index is 0.147. The van der Waals surface area contributed by atoms with E-state index in [-0.39, 0.29) is 12.4 Å². The first kappa shape index (κ1) is 16.1. The molecule has 0 spiro atoms. The molecule has 1 aliphatic rings. The van der Waals surface area contributed by atoms with Crippen LogP contribution < -0.4 is 10.1 Å². The Morgan fingerprint density at radius 2 is 1.95 bits per heavy atom. The highest BCUT2D eigenvalue weighted by Crippen LogP contribution is 2.35. The zero-order valence-electron chi connectivity index (χ0n) is 11.8. The van der Waals surface area contributed by atoms with E-state index in [1.165, 1.54) is 7.11 Å². The van der Waals surface area contributed by atoms with E-state index in [0.29, 0.717) is 18.7 Å². The van der Waals surface area contributed by atoms with E-state index in [4.69, 9.17) is 4.74 Å². The van der Waals surface area contributed by atoms with E-state index in [2.05, 4.69) is 5.32 Å². The Bertz CT molecular complexity index is 474. The summed E-state index contributed by atoms with van der Waals surface area (Å²) in [6.07, 6.45) is -4.44. The number of aliphatic hydroxyl groups excluding tert-OH is 1. The minimum atomic E-state index is -4.44. The van der Waals surface area contributed by atoms with E-state index in [1.54, 1.807) is 6.07 Å². The maximum atomic E-state index is 13.0. The predicted octanol–water partition coefficient (Wildman–Crippen LogP) is 1.65. The molecule has 2 N–H and O–H groups in total. The minimum Gasteiger partial charge on any atom is -0.497 e. The summed E-state index contributed by atoms with van der Waals surface area (Å²) in [6.45, 7) is 2.65. The Balaban J connectivity index is 2.35. The molecule has 0 unspecified atom stereocenters. The molecule has 1 heterocycles. The lowest BCUT2D eigenvalue weighted by atomic mass is 10.0. The van der Waals surface area contributed by atoms with Gasteiger partial charge in [-0.25, -0.2) is 0 Å². The molecule has 0 bridgehead atoms. The molecule has 0 amide bonds. The Labute approximate surface area is 121 Å². The Morgan fingerprint density at radius 1 is 1.29 bits per heavy atom. The molecule has 1 saturated heterocycles. The Morgan fingerprint density at radius 3 is 2.48 bits per heavy atom. The van der Waals surface area contributed by atoms with Gasteiger partial charge in [0.15, 0.2) is 0 Å². The van der Waals surface area contributed by atoms with Crippen LogP contribution in [0.4, 0.5) is 13.2 Å². The summed E-state index contributed by atoms with van der Waals surface area (Å²) >= 11 is 0. The normalized spacial score (nSPS) is 18.5. The topological polar surface area (TPSA) is 44.7 Å². The average molecular weight is 304 g/mol. The first-order chi connectivity index (χ1) is 9.95. The molecule has 21 heavy (non-hydrogen) atoms. The molecule has 7 heteroatoms. The largest absolute Gasteiger partial charge is 0.497 e. The summed E-state index contributed by atoms with van der Waals surface area (Å²) in [6, 6.07) is 3.16. The van der Waals surface area contributed by atoms with Crippen molar-refractivity contribution in [2.75, 3.05) is 39.9 Å². The molecular weight excluding hydrogens is 285 g/mol. The standard InChI is InChI=1S/C14H19F3N2O2/c1-21-12-7-10(6-11(8-12)14(15,16)17)13(9-20)19-4-2-18-3-5-19/h6-8,13,18,20H,2-5,9H2,1H3/t13-/m0/s1. The molecule has 0 radical (unpaired) electrons. The van der Waals surface area contributed by atoms with E-state index in [1.807, 2.05) is 4.90 Å². The maximum Gasteiger partial charge on any atom is 0.416 e. The van der Waals surface area contributed by atoms with Crippen molar-refractivity contribution in [1.82, 2.24) is 10.2 Å². The van der Waals surface area contributed by atoms with E-state index >= 15 is 0 Å². The number of rotatable bonds is 4. The van der Waals surface area contributed by atoms with Gasteiger partial charge in [-0.3, -0.25) is 4.90 Å². The third-order valence-corrected chi connectivity index (χ3v) is 3.64. The number of nitrogens with zero attached hydrogens (tertiary/aromatic N) is 1. The number of hydrogen-bond acceptors (Lipinski definition) is 4. The number of alkyl halides is 3. The zero-order valence-corrected chi connectivity index (χ0v) is 11.8. The highest BCUT2D eigenvalue weighted by atomic mass is 19.4. The molecule has 0 aromatic heterocycles. The van der Waals surface area contributed by atoms with E-state index < -0.39 is 17.8 Å². The summed E-state index contributed by atoms with van der Waals surface area (Å²) in [4.78, 5) is 1.98. The second-order valence-electron chi connectivity index (χ2n) is 4.98. The average Bonchev–Trinajstić information content (AvgIpc) is 2.48. The fourth-order valence-electron chi connectivity index (χ4n) is 2.52. The van der Waals surface area contributed by atoms with Crippen LogP contribution in [0.5, 0.6) is 5.75 Å². The van der Waals surface area contributed by atoms with Gasteiger partial charge in [-0.05, 0) is 23.8 Å². The highest BCUT2D eigenvalue weighted by Gasteiger charge is 2.33. The van der Waals surface area contributed by atoms with Gasteiger partial charge < -0.3 is 15.2 Å². The van der Waals surface area contributed by atoms with Gasteiger partial charge in [0, 0.05) is 26.2 Å². The van der Waals surface area contributed by atoms with Gasteiger partial charge in [-0.1, -0.05) is 0 Å². The van der Waals surface area contributed by atoms with Crippen molar-refractivity contribution in [3.63, 3.8) is 0 Å². The molecule has 0 aliphatic carbocycles. The second-order valence-corrected chi connectivity index (χ2v) is 4.98. The van der Waals surface area contributed by atoms with Crippen LogP contribution in [0.25, 0.3) is 0 Å². The third-order valence-electron chi connectivity index (χ3n) is 3.64. The molecule has 1 aromatic rings. The Kier molecular flexibility index (Phi) is 5.08. The van der Waals surface area contributed by atoms with Gasteiger partial charge >= 0.3 is 6.18 Å². The van der Waals surface area contributed by atoms with Gasteiger partial charge in [0.05, 0.1) is 25.3 Å². The maximum absolute atomic E-state index is 13.0. The number of piperazine rings is 1. The number of aliphatic hydroxyl groups is 1. The van der Waals surface area contributed by atoms with Gasteiger partial charge in [-0.15, -0.1) is 0 Å². The number of nitrogens with one attached hydrogen (secondary N) is 1. The quantitative estimate of drug-likeness (QED) is 0.888. The molecule has 1 aromatic carbocycles. The first-order valence-corrected chi connectivity index (χ1v) is 6.77. The van der Waals surface area contributed by atoms with E-state index in [0.717, 1.165) is 25.2 Å². The van der Waals surface area contributed by atoms with Crippen LogP contribution in [0, 0.1) is 0 Å². The van der Waals surface area contributed by atoms with Crippen molar-refractivity contribution in [3.05, 3.63) is 29.3 Å². The van der Waals surface area contributed by atoms with Gasteiger partial charge in [0.2, 0.25) is 0 Å². The number of halogens is 3. The SMILES string of the molecule is COc1cc([C@H](CO)N2CCNCC2)cc(C(F)(F)F)c1. The van der Waals surface area contributed by atoms with Crippen molar-refractivity contribution in [2.45, 2.75) is 12.2 Å². The van der Waals surface area contributed by atoms with Crippen LogP contribution in [0.3, 0.4) is 0 Å². The van der Waals surface area contributed by atoms with Crippen molar-refractivity contribution in [2.24, 2.45) is 0 Å². The number of ether oxygens (including phenoxy) is 1. The monoisotopic (exact) mass is 304 g/mol. The summed E-state index contributed by atoms with van der Waals surface area (Å²) in [5.41, 5.74) is -0.337. The fourth-order valence-corrected chi connectivity index (χ4v) is 2.52. The third kappa shape index (κ3) is 3.87. The molecule has 1 aliphatic heterocycles. The summed E-state index contributed by atoms with van der Waals surface area (Å²) in [7, 11) is 1.33. The molecule has 4 nitrogen and oxygen atoms in total. The lowest BCUT2D eigenvalue weighted by Crippen LogP contribution is -2.46. The van der Waals surface area contributed by atoms with Crippen molar-refractivity contribution < 1.29 is 23.0 Å². The van der Waals surface area contributed by atoms with Crippen LogP contribution in [-0.4, -0.2) is 49.9 Å². The van der Waals surface area contributed by atoms with Crippen LogP contribution in [0.2, 0.25) is 0 Å². The van der Waals surface area contributed by atoms with Crippen molar-refractivity contribution in [1.29, 1.82) is 0 Å². The van der Waals surface area contributed by atoms with Crippen LogP contribution in [-0.2, 0) is 6.18 Å². The zero-order chi connectivity index (χ0) is 15.5. The number of benzene rings is 1. The molecular formula is C14H19F3N2O2. The van der Waals surface area contributed by atoms with Crippen LogP contribution >= 0.6 is 0 Å². The lowest BCUT2D eigenvalue weighted by Gasteiger charge is -2.34. The van der Waals surface area contributed by atoms with Gasteiger partial charge in [0.1, 0.15) is 5.75 Å². The highest BCUT2D eigenvalue weighted by molar-refractivity contribution is 5.37. The smallest absolute Gasteiger partial charge is 0.416 e. The molecule has 1 fully saturated rings. The van der Waals surface area contributed by atoms with Gasteiger partial charge in [-0.2, -0.15) is 13.2 Å². The van der Waals surface area contributed by atoms with Crippen molar-refractivity contribution in [3.8, 4) is 5.75 Å². The summed E-state index contributed by atoms with van der Waals surface area (Å²) in [5, 5.41) is 12.8. The summed E-state index contributed by atoms with van der Waals surface area (Å²) in [5.74, 6) is 0.147. The molecule has 1 atom stereocenters. The number of methoxy groups -OCH3 is 1. The van der Waals surface area contributed by atoms with Crippen LogP contribution in [0.15, 0.2) is 18.2 Å². The molecule has 2 rings (SSSR count).